The van der Waals surface area contributed by atoms with E-state index >= 15 is 0 Å². The van der Waals surface area contributed by atoms with Crippen LogP contribution in [0, 0.1) is 13.8 Å². The van der Waals surface area contributed by atoms with Crippen LogP contribution >= 0.6 is 11.3 Å². The minimum atomic E-state index is -3.58. The van der Waals surface area contributed by atoms with E-state index in [1.807, 2.05) is 43.5 Å². The molecule has 0 radical (unpaired) electrons. The summed E-state index contributed by atoms with van der Waals surface area (Å²) < 4.78 is 33.1. The molecular weight excluding hydrogens is 354 g/mol. The molecule has 2 aromatic heterocycles. The lowest BCUT2D eigenvalue weighted by molar-refractivity contribution is 0.408. The summed E-state index contributed by atoms with van der Waals surface area (Å²) in [4.78, 5) is 1.54. The Morgan fingerprint density at radius 3 is 2.64 bits per heavy atom. The topological polar surface area (TPSA) is 50.5 Å². The summed E-state index contributed by atoms with van der Waals surface area (Å²) in [5.41, 5.74) is 2.67. The minimum Gasteiger partial charge on any atom is -0.472 e. The monoisotopic (exact) mass is 375 g/mol. The highest BCUT2D eigenvalue weighted by Gasteiger charge is 2.26. The van der Waals surface area contributed by atoms with E-state index < -0.39 is 10.0 Å². The van der Waals surface area contributed by atoms with E-state index in [0.29, 0.717) is 24.4 Å². The van der Waals surface area contributed by atoms with Gasteiger partial charge in [0.1, 0.15) is 0 Å². The van der Waals surface area contributed by atoms with Crippen molar-refractivity contribution in [3.63, 3.8) is 0 Å². The fraction of sp³-hybridized carbons (Fsp3) is 0.263. The summed E-state index contributed by atoms with van der Waals surface area (Å²) in [6.07, 6.45) is 3.85. The van der Waals surface area contributed by atoms with Crippen molar-refractivity contribution in [1.29, 1.82) is 0 Å². The summed E-state index contributed by atoms with van der Waals surface area (Å²) in [5.74, 6) is 0. The van der Waals surface area contributed by atoms with Crippen molar-refractivity contribution >= 4 is 21.4 Å². The standard InChI is InChI=1S/C19H21NO3S2/c1-15-5-6-19(16(2)12-15)25(21,22)20(13-17-8-10-23-14-17)9-7-18-4-3-11-24-18/h3-6,8,10-12,14H,7,9,13H2,1-2H3. The number of benzene rings is 1. The van der Waals surface area contributed by atoms with E-state index in [9.17, 15) is 8.42 Å². The zero-order chi connectivity index (χ0) is 17.9. The van der Waals surface area contributed by atoms with Gasteiger partial charge < -0.3 is 4.42 Å². The van der Waals surface area contributed by atoms with Crippen molar-refractivity contribution in [3.05, 3.63) is 75.9 Å². The van der Waals surface area contributed by atoms with Crippen LogP contribution in [0.4, 0.5) is 0 Å². The Morgan fingerprint density at radius 2 is 2.00 bits per heavy atom. The van der Waals surface area contributed by atoms with Crippen molar-refractivity contribution in [2.75, 3.05) is 6.54 Å². The second-order valence-corrected chi connectivity index (χ2v) is 9.01. The zero-order valence-corrected chi connectivity index (χ0v) is 15.9. The van der Waals surface area contributed by atoms with Gasteiger partial charge in [-0.15, -0.1) is 11.3 Å². The van der Waals surface area contributed by atoms with Gasteiger partial charge in [-0.3, -0.25) is 0 Å². The largest absolute Gasteiger partial charge is 0.472 e. The van der Waals surface area contributed by atoms with E-state index in [4.69, 9.17) is 4.42 Å². The third-order valence-electron chi connectivity index (χ3n) is 4.07. The van der Waals surface area contributed by atoms with E-state index in [2.05, 4.69) is 0 Å². The first-order valence-corrected chi connectivity index (χ1v) is 10.4. The Morgan fingerprint density at radius 1 is 1.16 bits per heavy atom. The molecule has 3 rings (SSSR count). The average Bonchev–Trinajstić information content (AvgIpc) is 3.24. The Labute approximate surface area is 152 Å². The molecule has 6 heteroatoms. The highest BCUT2D eigenvalue weighted by molar-refractivity contribution is 7.89. The van der Waals surface area contributed by atoms with Gasteiger partial charge in [-0.1, -0.05) is 23.8 Å². The highest BCUT2D eigenvalue weighted by atomic mass is 32.2. The lowest BCUT2D eigenvalue weighted by Crippen LogP contribution is -2.32. The molecule has 132 valence electrons. The predicted octanol–water partition coefficient (Wildman–Crippen LogP) is 4.39. The average molecular weight is 376 g/mol. The first-order chi connectivity index (χ1) is 12.0. The first kappa shape index (κ1) is 17.9. The van der Waals surface area contributed by atoms with Gasteiger partial charge in [0.05, 0.1) is 17.4 Å². The fourth-order valence-corrected chi connectivity index (χ4v) is 5.12. The second kappa shape index (κ2) is 7.56. The number of nitrogens with zero attached hydrogens (tertiary/aromatic N) is 1. The van der Waals surface area contributed by atoms with Crippen LogP contribution in [0.15, 0.2) is 63.6 Å². The van der Waals surface area contributed by atoms with Crippen LogP contribution in [0.3, 0.4) is 0 Å². The zero-order valence-electron chi connectivity index (χ0n) is 14.3. The number of thiophene rings is 1. The molecular formula is C19H21NO3S2. The lowest BCUT2D eigenvalue weighted by Gasteiger charge is -2.22. The minimum absolute atomic E-state index is 0.303. The van der Waals surface area contributed by atoms with Gasteiger partial charge in [0.25, 0.3) is 0 Å². The molecule has 0 aliphatic carbocycles. The Kier molecular flexibility index (Phi) is 5.42. The SMILES string of the molecule is Cc1ccc(S(=O)(=O)N(CCc2cccs2)Cc2ccoc2)c(C)c1. The Bertz CT molecular complexity index is 914. The van der Waals surface area contributed by atoms with Crippen molar-refractivity contribution < 1.29 is 12.8 Å². The van der Waals surface area contributed by atoms with Crippen LogP contribution in [-0.2, 0) is 23.0 Å². The van der Waals surface area contributed by atoms with Gasteiger partial charge in [0, 0.05) is 23.5 Å². The molecule has 0 saturated carbocycles. The quantitative estimate of drug-likeness (QED) is 0.615. The van der Waals surface area contributed by atoms with Crippen LogP contribution in [0.2, 0.25) is 0 Å². The molecule has 0 N–H and O–H groups in total. The number of furan rings is 1. The smallest absolute Gasteiger partial charge is 0.243 e. The van der Waals surface area contributed by atoms with Gasteiger partial charge >= 0.3 is 0 Å². The normalized spacial score (nSPS) is 12.0. The fourth-order valence-electron chi connectivity index (χ4n) is 2.79. The summed E-state index contributed by atoms with van der Waals surface area (Å²) in [6.45, 7) is 4.54. The molecule has 0 spiro atoms. The summed E-state index contributed by atoms with van der Waals surface area (Å²) in [7, 11) is -3.58. The summed E-state index contributed by atoms with van der Waals surface area (Å²) in [6, 6.07) is 11.3. The van der Waals surface area contributed by atoms with Gasteiger partial charge in [-0.2, -0.15) is 4.31 Å². The van der Waals surface area contributed by atoms with Crippen molar-refractivity contribution in [3.8, 4) is 0 Å². The van der Waals surface area contributed by atoms with Crippen LogP contribution in [0.1, 0.15) is 21.6 Å². The maximum atomic E-state index is 13.2. The van der Waals surface area contributed by atoms with Crippen molar-refractivity contribution in [2.45, 2.75) is 31.7 Å². The molecule has 4 nitrogen and oxygen atoms in total. The van der Waals surface area contributed by atoms with Crippen LogP contribution in [0.5, 0.6) is 0 Å². The summed E-state index contributed by atoms with van der Waals surface area (Å²) >= 11 is 1.64. The van der Waals surface area contributed by atoms with E-state index in [1.165, 1.54) is 9.18 Å². The molecule has 1 aromatic carbocycles. The maximum absolute atomic E-state index is 13.2. The van der Waals surface area contributed by atoms with E-state index in [0.717, 1.165) is 16.7 Å². The molecule has 25 heavy (non-hydrogen) atoms. The van der Waals surface area contributed by atoms with Crippen molar-refractivity contribution in [1.82, 2.24) is 4.31 Å². The number of aryl methyl sites for hydroxylation is 2. The molecule has 0 saturated heterocycles. The van der Waals surface area contributed by atoms with Crippen LogP contribution < -0.4 is 0 Å². The molecule has 0 unspecified atom stereocenters. The van der Waals surface area contributed by atoms with E-state index in [1.54, 1.807) is 36.0 Å². The Hall–Kier alpha value is -1.89. The molecule has 0 amide bonds. The van der Waals surface area contributed by atoms with Gasteiger partial charge in [0.15, 0.2) is 0 Å². The number of hydrogen-bond donors (Lipinski definition) is 0. The first-order valence-electron chi connectivity index (χ1n) is 8.07. The third-order valence-corrected chi connectivity index (χ3v) is 7.02. The van der Waals surface area contributed by atoms with E-state index in [-0.39, 0.29) is 0 Å². The molecule has 3 aromatic rings. The van der Waals surface area contributed by atoms with Crippen LogP contribution in [0.25, 0.3) is 0 Å². The van der Waals surface area contributed by atoms with Gasteiger partial charge in [0.2, 0.25) is 10.0 Å². The maximum Gasteiger partial charge on any atom is 0.243 e. The molecule has 0 aliphatic rings. The second-order valence-electron chi connectivity index (χ2n) is 6.07. The van der Waals surface area contributed by atoms with Crippen LogP contribution in [-0.4, -0.2) is 19.3 Å². The molecule has 0 bridgehead atoms. The number of sulfonamides is 1. The Balaban J connectivity index is 1.90. The highest BCUT2D eigenvalue weighted by Crippen LogP contribution is 2.23. The molecule has 0 atom stereocenters. The molecule has 2 heterocycles. The summed E-state index contributed by atoms with van der Waals surface area (Å²) in [5, 5.41) is 2.01. The van der Waals surface area contributed by atoms with Gasteiger partial charge in [-0.25, -0.2) is 8.42 Å². The number of hydrogen-bond acceptors (Lipinski definition) is 4. The third kappa shape index (κ3) is 4.21. The van der Waals surface area contributed by atoms with Crippen molar-refractivity contribution in [2.24, 2.45) is 0 Å². The molecule has 0 fully saturated rings. The number of rotatable bonds is 7. The lowest BCUT2D eigenvalue weighted by atomic mass is 10.2. The predicted molar refractivity (Wildman–Crippen MR) is 100 cm³/mol. The van der Waals surface area contributed by atoms with Gasteiger partial charge in [-0.05, 0) is 49.4 Å². The molecule has 0 aliphatic heterocycles.